The number of carbonyl (C=O) groups is 6. The zero-order valence-corrected chi connectivity index (χ0v) is 25.3. The average Bonchev–Trinajstić information content (AvgIpc) is 3.81. The number of rotatable bonds is 17. The van der Waals surface area contributed by atoms with Crippen LogP contribution in [0.1, 0.15) is 43.7 Å². The molecule has 4 unspecified atom stereocenters. The summed E-state index contributed by atoms with van der Waals surface area (Å²) in [6.45, 7) is -0.208. The maximum atomic E-state index is 14.8. The molecule has 0 bridgehead atoms. The number of aliphatic carboxylic acids is 3. The third kappa shape index (κ3) is 10.6. The second-order valence-corrected chi connectivity index (χ2v) is 13.1. The third-order valence-electron chi connectivity index (χ3n) is 7.08. The van der Waals surface area contributed by atoms with Crippen LogP contribution in [0.5, 0.6) is 0 Å². The molecule has 1 saturated carbocycles. The van der Waals surface area contributed by atoms with Gasteiger partial charge in [0.2, 0.25) is 11.8 Å². The number of nitrogens with one attached hydrogen (secondary N) is 2. The third-order valence-corrected chi connectivity index (χ3v) is 9.97. The number of benzene rings is 1. The van der Waals surface area contributed by atoms with Crippen molar-refractivity contribution in [1.29, 1.82) is 0 Å². The van der Waals surface area contributed by atoms with Crippen molar-refractivity contribution in [1.82, 2.24) is 15.5 Å². The van der Waals surface area contributed by atoms with E-state index in [1.54, 1.807) is 17.0 Å². The van der Waals surface area contributed by atoms with E-state index < -0.39 is 60.2 Å². The summed E-state index contributed by atoms with van der Waals surface area (Å²) < 4.78 is 14.8. The summed E-state index contributed by atoms with van der Waals surface area (Å²) >= 11 is 0. The lowest BCUT2D eigenvalue weighted by Crippen LogP contribution is -2.49. The molecule has 1 heterocycles. The van der Waals surface area contributed by atoms with Crippen molar-refractivity contribution in [3.05, 3.63) is 47.3 Å². The van der Waals surface area contributed by atoms with Gasteiger partial charge in [-0.3, -0.25) is 28.9 Å². The molecule has 240 valence electrons. The quantitative estimate of drug-likeness (QED) is 0.103. The number of halogens is 1. The van der Waals surface area contributed by atoms with Gasteiger partial charge in [0.15, 0.2) is 5.78 Å². The standard InChI is InChI=1S/C28H35FN4O9S2/c29-18-4-2-1-3-17(18)25(26(39)15-5-6-15)33-10-9-21(16(13-33)11-23(35)36)44-43-14-20(27(40)31-12-24(37)38)32-22(34)8-7-19(30)28(41)42/h1-4,11,15,19-21,25H,5-10,12-14,30H2,(H,31,40)(H,32,34)(H,35,36)(H,37,38)(H,41,42)/b16-11-. The summed E-state index contributed by atoms with van der Waals surface area (Å²) in [7, 11) is 2.42. The lowest BCUT2D eigenvalue weighted by atomic mass is 9.93. The first-order chi connectivity index (χ1) is 20.9. The summed E-state index contributed by atoms with van der Waals surface area (Å²) in [5, 5.41) is 31.7. The number of Topliss-reactive ketones (excluding diaryl/α,β-unsaturated/α-hetero) is 1. The van der Waals surface area contributed by atoms with Gasteiger partial charge in [-0.25, -0.2) is 9.18 Å². The Hall–Kier alpha value is -3.47. The first-order valence-electron chi connectivity index (χ1n) is 13.9. The van der Waals surface area contributed by atoms with Crippen molar-refractivity contribution >= 4 is 57.1 Å². The van der Waals surface area contributed by atoms with Crippen LogP contribution in [0.15, 0.2) is 35.9 Å². The molecule has 0 radical (unpaired) electrons. The summed E-state index contributed by atoms with van der Waals surface area (Å²) in [6, 6.07) is 2.75. The lowest BCUT2D eigenvalue weighted by molar-refractivity contribution is -0.139. The Bertz CT molecular complexity index is 1290. The number of nitrogens with zero attached hydrogens (tertiary/aromatic N) is 1. The Morgan fingerprint density at radius 2 is 1.80 bits per heavy atom. The summed E-state index contributed by atoms with van der Waals surface area (Å²) in [6.07, 6.45) is 2.49. The minimum atomic E-state index is -1.29. The lowest BCUT2D eigenvalue weighted by Gasteiger charge is -2.38. The van der Waals surface area contributed by atoms with Crippen LogP contribution in [-0.4, -0.2) is 98.4 Å². The maximum absolute atomic E-state index is 14.8. The fraction of sp³-hybridized carbons (Fsp3) is 0.500. The Balaban J connectivity index is 1.68. The van der Waals surface area contributed by atoms with Crippen molar-refractivity contribution in [3.63, 3.8) is 0 Å². The molecule has 3 rings (SSSR count). The largest absolute Gasteiger partial charge is 0.480 e. The SMILES string of the molecule is NC(CCC(=O)NC(CSSC1CCN(C(C(=O)C2CC2)c2ccccc2F)C/C1=C/C(=O)O)C(=O)NCC(=O)O)C(=O)O. The normalized spacial score (nSPS) is 19.9. The number of amides is 2. The molecule has 0 spiro atoms. The van der Waals surface area contributed by atoms with Gasteiger partial charge < -0.3 is 31.7 Å². The number of ketones is 1. The van der Waals surface area contributed by atoms with Gasteiger partial charge in [0.05, 0.1) is 6.04 Å². The molecule has 2 amide bonds. The summed E-state index contributed by atoms with van der Waals surface area (Å²) in [4.78, 5) is 73.7. The van der Waals surface area contributed by atoms with E-state index in [4.69, 9.17) is 15.9 Å². The second kappa shape index (κ2) is 16.6. The van der Waals surface area contributed by atoms with Gasteiger partial charge in [-0.15, -0.1) is 0 Å². The van der Waals surface area contributed by atoms with Crippen molar-refractivity contribution in [2.24, 2.45) is 11.7 Å². The second-order valence-electron chi connectivity index (χ2n) is 10.5. The molecule has 2 aliphatic rings. The van der Waals surface area contributed by atoms with Gasteiger partial charge in [-0.2, -0.15) is 0 Å². The van der Waals surface area contributed by atoms with Gasteiger partial charge in [-0.1, -0.05) is 39.8 Å². The molecule has 1 aliphatic carbocycles. The van der Waals surface area contributed by atoms with Gasteiger partial charge in [0.1, 0.15) is 24.4 Å². The fourth-order valence-corrected chi connectivity index (χ4v) is 7.54. The van der Waals surface area contributed by atoms with Crippen LogP contribution in [-0.2, 0) is 28.8 Å². The molecular weight excluding hydrogens is 619 g/mol. The molecule has 2 fully saturated rings. The Morgan fingerprint density at radius 1 is 1.09 bits per heavy atom. The number of nitrogens with two attached hydrogens (primary N) is 1. The van der Waals surface area contributed by atoms with Crippen LogP contribution < -0.4 is 16.4 Å². The van der Waals surface area contributed by atoms with E-state index in [1.807, 2.05) is 0 Å². The topological polar surface area (TPSA) is 216 Å². The Labute approximate surface area is 260 Å². The smallest absolute Gasteiger partial charge is 0.328 e. The van der Waals surface area contributed by atoms with E-state index in [0.717, 1.165) is 29.7 Å². The van der Waals surface area contributed by atoms with E-state index in [1.165, 1.54) is 22.9 Å². The van der Waals surface area contributed by atoms with E-state index in [-0.39, 0.29) is 47.7 Å². The Morgan fingerprint density at radius 3 is 2.41 bits per heavy atom. The number of hydrogen-bond acceptors (Lipinski definition) is 10. The van der Waals surface area contributed by atoms with Crippen LogP contribution >= 0.6 is 21.6 Å². The van der Waals surface area contributed by atoms with Crippen LogP contribution in [0.4, 0.5) is 4.39 Å². The minimum absolute atomic E-state index is 0.0224. The number of piperidine rings is 1. The molecule has 7 N–H and O–H groups in total. The number of carboxylic acid groups (broad SMARTS) is 3. The molecule has 1 saturated heterocycles. The maximum Gasteiger partial charge on any atom is 0.328 e. The number of hydrogen-bond donors (Lipinski definition) is 6. The zero-order chi connectivity index (χ0) is 32.4. The van der Waals surface area contributed by atoms with Crippen LogP contribution in [0.25, 0.3) is 0 Å². The van der Waals surface area contributed by atoms with Crippen LogP contribution in [0.2, 0.25) is 0 Å². The molecule has 44 heavy (non-hydrogen) atoms. The first kappa shape index (κ1) is 35.0. The zero-order valence-electron chi connectivity index (χ0n) is 23.6. The minimum Gasteiger partial charge on any atom is -0.480 e. The fourth-order valence-electron chi connectivity index (χ4n) is 4.66. The number of carbonyl (C=O) groups excluding carboxylic acids is 3. The van der Waals surface area contributed by atoms with E-state index in [2.05, 4.69) is 10.6 Å². The molecule has 16 heteroatoms. The van der Waals surface area contributed by atoms with Gasteiger partial charge in [0, 0.05) is 48.1 Å². The number of carboxylic acids is 3. The molecule has 1 aromatic carbocycles. The average molecular weight is 655 g/mol. The highest BCUT2D eigenvalue weighted by molar-refractivity contribution is 8.77. The first-order valence-corrected chi connectivity index (χ1v) is 16.3. The van der Waals surface area contributed by atoms with Crippen molar-refractivity contribution in [3.8, 4) is 0 Å². The van der Waals surface area contributed by atoms with E-state index in [9.17, 15) is 38.3 Å². The van der Waals surface area contributed by atoms with Gasteiger partial charge in [0.25, 0.3) is 0 Å². The summed E-state index contributed by atoms with van der Waals surface area (Å²) in [5.74, 6) is -5.97. The predicted molar refractivity (Wildman–Crippen MR) is 160 cm³/mol. The molecule has 1 aromatic rings. The predicted octanol–water partition coefficient (Wildman–Crippen LogP) is 1.19. The highest BCUT2D eigenvalue weighted by atomic mass is 33.1. The van der Waals surface area contributed by atoms with E-state index in [0.29, 0.717) is 18.5 Å². The molecular formula is C28H35FN4O9S2. The summed E-state index contributed by atoms with van der Waals surface area (Å²) in [5.41, 5.74) is 6.17. The van der Waals surface area contributed by atoms with Crippen LogP contribution in [0, 0.1) is 11.7 Å². The van der Waals surface area contributed by atoms with Crippen LogP contribution in [0.3, 0.4) is 0 Å². The molecule has 1 aliphatic heterocycles. The van der Waals surface area contributed by atoms with Crippen molar-refractivity contribution in [2.75, 3.05) is 25.4 Å². The highest BCUT2D eigenvalue weighted by Gasteiger charge is 2.41. The Kier molecular flexibility index (Phi) is 13.2. The van der Waals surface area contributed by atoms with E-state index >= 15 is 0 Å². The van der Waals surface area contributed by atoms with Gasteiger partial charge in [-0.05, 0) is 37.3 Å². The van der Waals surface area contributed by atoms with Crippen molar-refractivity contribution < 1.29 is 48.5 Å². The molecule has 4 atom stereocenters. The van der Waals surface area contributed by atoms with Gasteiger partial charge >= 0.3 is 17.9 Å². The molecule has 13 nitrogen and oxygen atoms in total. The highest BCUT2D eigenvalue weighted by Crippen LogP contribution is 2.42. The molecule has 0 aromatic heterocycles. The van der Waals surface area contributed by atoms with Crippen molar-refractivity contribution in [2.45, 2.75) is 55.5 Å². The monoisotopic (exact) mass is 654 g/mol. The number of likely N-dealkylation sites (tertiary alicyclic amines) is 1.